The summed E-state index contributed by atoms with van der Waals surface area (Å²) >= 11 is 0. The van der Waals surface area contributed by atoms with E-state index in [1.807, 2.05) is 74.6 Å². The van der Waals surface area contributed by atoms with Gasteiger partial charge in [0.2, 0.25) is 0 Å². The summed E-state index contributed by atoms with van der Waals surface area (Å²) in [7, 11) is -2.19. The summed E-state index contributed by atoms with van der Waals surface area (Å²) in [6, 6.07) is 17.4. The molecule has 0 amide bonds. The van der Waals surface area contributed by atoms with Crippen LogP contribution < -0.4 is 5.19 Å². The lowest BCUT2D eigenvalue weighted by molar-refractivity contribution is 0.0727. The van der Waals surface area contributed by atoms with Crippen molar-refractivity contribution in [3.05, 3.63) is 65.7 Å². The lowest BCUT2D eigenvalue weighted by atomic mass is 10.2. The molecule has 3 heteroatoms. The Balaban J connectivity index is 2.16. The van der Waals surface area contributed by atoms with E-state index in [-0.39, 0.29) is 5.97 Å². The Morgan fingerprint density at radius 1 is 0.947 bits per heavy atom. The Labute approximate surface area is 115 Å². The van der Waals surface area contributed by atoms with E-state index in [1.165, 1.54) is 0 Å². The van der Waals surface area contributed by atoms with Crippen LogP contribution in [0.25, 0.3) is 0 Å². The second-order valence-corrected chi connectivity index (χ2v) is 8.93. The molecule has 0 saturated heterocycles. The van der Waals surface area contributed by atoms with Gasteiger partial charge in [0.1, 0.15) is 0 Å². The van der Waals surface area contributed by atoms with Gasteiger partial charge in [-0.3, -0.25) is 0 Å². The van der Waals surface area contributed by atoms with Crippen molar-refractivity contribution >= 4 is 19.5 Å². The molecule has 0 fully saturated rings. The van der Waals surface area contributed by atoms with Crippen molar-refractivity contribution in [1.82, 2.24) is 0 Å². The lowest BCUT2D eigenvalue weighted by Gasteiger charge is -2.23. The van der Waals surface area contributed by atoms with Gasteiger partial charge in [-0.05, 0) is 37.3 Å². The zero-order valence-corrected chi connectivity index (χ0v) is 12.5. The zero-order chi connectivity index (χ0) is 13.9. The van der Waals surface area contributed by atoms with Gasteiger partial charge in [0.05, 0.1) is 5.56 Å². The molecular weight excluding hydrogens is 252 g/mol. The highest BCUT2D eigenvalue weighted by Gasteiger charge is 2.29. The molecule has 2 aromatic carbocycles. The van der Waals surface area contributed by atoms with Crippen LogP contribution in [0.5, 0.6) is 0 Å². The Morgan fingerprint density at radius 2 is 1.53 bits per heavy atom. The Hall–Kier alpha value is -1.87. The normalized spacial score (nSPS) is 11.1. The SMILES string of the molecule is Cc1ccc(C(=O)O[Si](C)(C)c2ccccc2)cc1. The third kappa shape index (κ3) is 3.32. The van der Waals surface area contributed by atoms with Crippen molar-refractivity contribution < 1.29 is 9.22 Å². The number of benzene rings is 2. The second-order valence-electron chi connectivity index (χ2n) is 5.13. The number of hydrogen-bond donors (Lipinski definition) is 0. The van der Waals surface area contributed by atoms with Gasteiger partial charge >= 0.3 is 5.97 Å². The van der Waals surface area contributed by atoms with E-state index in [0.717, 1.165) is 10.8 Å². The van der Waals surface area contributed by atoms with Gasteiger partial charge in [0, 0.05) is 0 Å². The summed E-state index contributed by atoms with van der Waals surface area (Å²) < 4.78 is 5.75. The molecule has 0 aliphatic carbocycles. The third-order valence-electron chi connectivity index (χ3n) is 3.10. The summed E-state index contributed by atoms with van der Waals surface area (Å²) in [5.41, 5.74) is 1.75. The summed E-state index contributed by atoms with van der Waals surface area (Å²) in [6.45, 7) is 6.07. The number of hydrogen-bond acceptors (Lipinski definition) is 2. The molecule has 0 spiro atoms. The van der Waals surface area contributed by atoms with E-state index < -0.39 is 8.32 Å². The fourth-order valence-corrected chi connectivity index (χ4v) is 3.57. The fourth-order valence-electron chi connectivity index (χ4n) is 1.88. The predicted octanol–water partition coefficient (Wildman–Crippen LogP) is 3.26. The highest BCUT2D eigenvalue weighted by atomic mass is 28.4. The minimum Gasteiger partial charge on any atom is -0.512 e. The average Bonchev–Trinajstić information content (AvgIpc) is 2.40. The molecule has 0 heterocycles. The molecule has 19 heavy (non-hydrogen) atoms. The third-order valence-corrected chi connectivity index (χ3v) is 5.52. The van der Waals surface area contributed by atoms with Crippen molar-refractivity contribution in [2.45, 2.75) is 20.0 Å². The van der Waals surface area contributed by atoms with Gasteiger partial charge in [-0.1, -0.05) is 48.0 Å². The molecule has 2 aromatic rings. The van der Waals surface area contributed by atoms with Crippen molar-refractivity contribution in [3.63, 3.8) is 0 Å². The lowest BCUT2D eigenvalue weighted by Crippen LogP contribution is -2.46. The Kier molecular flexibility index (Phi) is 3.86. The maximum absolute atomic E-state index is 12.2. The monoisotopic (exact) mass is 270 g/mol. The van der Waals surface area contributed by atoms with Crippen LogP contribution in [0, 0.1) is 6.92 Å². The summed E-state index contributed by atoms with van der Waals surface area (Å²) in [5.74, 6) is -0.236. The zero-order valence-electron chi connectivity index (χ0n) is 11.5. The first-order valence-corrected chi connectivity index (χ1v) is 9.25. The topological polar surface area (TPSA) is 26.3 Å². The van der Waals surface area contributed by atoms with Crippen molar-refractivity contribution in [1.29, 1.82) is 0 Å². The fraction of sp³-hybridized carbons (Fsp3) is 0.188. The van der Waals surface area contributed by atoms with Crippen LogP contribution in [0.2, 0.25) is 13.1 Å². The summed E-state index contributed by atoms with van der Waals surface area (Å²) in [4.78, 5) is 12.2. The first-order chi connectivity index (χ1) is 8.99. The van der Waals surface area contributed by atoms with Crippen molar-refractivity contribution in [3.8, 4) is 0 Å². The molecule has 0 aliphatic heterocycles. The molecule has 2 rings (SSSR count). The van der Waals surface area contributed by atoms with Crippen LogP contribution in [0.4, 0.5) is 0 Å². The maximum atomic E-state index is 12.2. The van der Waals surface area contributed by atoms with Gasteiger partial charge in [-0.15, -0.1) is 0 Å². The average molecular weight is 270 g/mol. The minimum atomic E-state index is -2.19. The highest BCUT2D eigenvalue weighted by molar-refractivity contribution is 6.85. The van der Waals surface area contributed by atoms with Crippen LogP contribution in [-0.2, 0) is 4.43 Å². The molecule has 0 saturated carbocycles. The van der Waals surface area contributed by atoms with Gasteiger partial charge < -0.3 is 4.43 Å². The first kappa shape index (κ1) is 13.6. The van der Waals surface area contributed by atoms with Crippen LogP contribution in [0.15, 0.2) is 54.6 Å². The Morgan fingerprint density at radius 3 is 2.11 bits per heavy atom. The van der Waals surface area contributed by atoms with E-state index in [2.05, 4.69) is 0 Å². The van der Waals surface area contributed by atoms with Gasteiger partial charge in [-0.25, -0.2) is 4.79 Å². The van der Waals surface area contributed by atoms with E-state index in [0.29, 0.717) is 5.56 Å². The first-order valence-electron chi connectivity index (χ1n) is 6.34. The molecule has 0 N–H and O–H groups in total. The van der Waals surface area contributed by atoms with Crippen molar-refractivity contribution in [2.75, 3.05) is 0 Å². The highest BCUT2D eigenvalue weighted by Crippen LogP contribution is 2.11. The van der Waals surface area contributed by atoms with Crippen LogP contribution in [0.3, 0.4) is 0 Å². The van der Waals surface area contributed by atoms with Crippen LogP contribution >= 0.6 is 0 Å². The van der Waals surface area contributed by atoms with Crippen LogP contribution in [-0.4, -0.2) is 14.3 Å². The number of carbonyl (C=O) groups excluding carboxylic acids is 1. The standard InChI is InChI=1S/C16H18O2Si/c1-13-9-11-14(12-10-13)16(17)18-19(2,3)15-7-5-4-6-8-15/h4-12H,1-3H3. The quantitative estimate of drug-likeness (QED) is 0.800. The Bertz CT molecular complexity index is 559. The molecule has 98 valence electrons. The minimum absolute atomic E-state index is 0.236. The number of carbonyl (C=O) groups is 1. The predicted molar refractivity (Wildman–Crippen MR) is 80.2 cm³/mol. The van der Waals surface area contributed by atoms with Gasteiger partial charge in [-0.2, -0.15) is 0 Å². The molecule has 0 bridgehead atoms. The molecule has 0 aromatic heterocycles. The molecule has 2 nitrogen and oxygen atoms in total. The van der Waals surface area contributed by atoms with E-state index >= 15 is 0 Å². The maximum Gasteiger partial charge on any atom is 0.325 e. The van der Waals surface area contributed by atoms with E-state index in [4.69, 9.17) is 4.43 Å². The molecule has 0 aliphatic rings. The largest absolute Gasteiger partial charge is 0.512 e. The molecule has 0 radical (unpaired) electrons. The number of aryl methyl sites for hydroxylation is 1. The number of rotatable bonds is 3. The molecular formula is C16H18O2Si. The van der Waals surface area contributed by atoms with Crippen molar-refractivity contribution in [2.24, 2.45) is 0 Å². The second kappa shape index (κ2) is 5.41. The van der Waals surface area contributed by atoms with Crippen LogP contribution in [0.1, 0.15) is 15.9 Å². The van der Waals surface area contributed by atoms with Gasteiger partial charge in [0.25, 0.3) is 8.32 Å². The van der Waals surface area contributed by atoms with E-state index in [1.54, 1.807) is 0 Å². The molecule has 0 atom stereocenters. The summed E-state index contributed by atoms with van der Waals surface area (Å²) in [5, 5.41) is 1.12. The van der Waals surface area contributed by atoms with E-state index in [9.17, 15) is 4.79 Å². The summed E-state index contributed by atoms with van der Waals surface area (Å²) in [6.07, 6.45) is 0. The smallest absolute Gasteiger partial charge is 0.325 e. The molecule has 0 unspecified atom stereocenters. The van der Waals surface area contributed by atoms with Gasteiger partial charge in [0.15, 0.2) is 0 Å².